The van der Waals surface area contributed by atoms with E-state index in [1.165, 1.54) is 0 Å². The Morgan fingerprint density at radius 1 is 1.28 bits per heavy atom. The zero-order chi connectivity index (χ0) is 13.4. The Morgan fingerprint density at radius 3 is 2.50 bits per heavy atom. The predicted octanol–water partition coefficient (Wildman–Crippen LogP) is -0.920. The molecule has 0 aromatic heterocycles. The van der Waals surface area contributed by atoms with E-state index in [4.69, 9.17) is 27.4 Å². The van der Waals surface area contributed by atoms with E-state index in [1.807, 2.05) is 4.90 Å². The first-order valence-corrected chi connectivity index (χ1v) is 6.39. The molecule has 1 aliphatic heterocycles. The van der Waals surface area contributed by atoms with Crippen molar-refractivity contribution < 1.29 is 14.3 Å². The number of methoxy groups -OCH3 is 1. The van der Waals surface area contributed by atoms with Crippen LogP contribution in [0.2, 0.25) is 0 Å². The van der Waals surface area contributed by atoms with Crippen molar-refractivity contribution >= 4 is 23.1 Å². The molecular formula is C11H21N3O3S. The molecule has 0 aliphatic carbocycles. The molecule has 1 fully saturated rings. The maximum absolute atomic E-state index is 11.8. The van der Waals surface area contributed by atoms with Crippen molar-refractivity contribution in [3.63, 3.8) is 0 Å². The molecule has 18 heavy (non-hydrogen) atoms. The van der Waals surface area contributed by atoms with Crippen molar-refractivity contribution in [2.75, 3.05) is 59.7 Å². The van der Waals surface area contributed by atoms with Crippen LogP contribution in [0.4, 0.5) is 0 Å². The van der Waals surface area contributed by atoms with Crippen molar-refractivity contribution in [1.82, 2.24) is 9.80 Å². The fraction of sp³-hybridized carbons (Fsp3) is 0.818. The summed E-state index contributed by atoms with van der Waals surface area (Å²) >= 11 is 4.86. The minimum absolute atomic E-state index is 0.0288. The van der Waals surface area contributed by atoms with Crippen LogP contribution in [0, 0.1) is 0 Å². The van der Waals surface area contributed by atoms with E-state index in [0.717, 1.165) is 13.1 Å². The molecule has 6 nitrogen and oxygen atoms in total. The second kappa shape index (κ2) is 8.36. The lowest BCUT2D eigenvalue weighted by molar-refractivity contribution is -0.138. The Hall–Kier alpha value is -0.760. The van der Waals surface area contributed by atoms with Gasteiger partial charge in [0.05, 0.1) is 18.2 Å². The Labute approximate surface area is 113 Å². The summed E-state index contributed by atoms with van der Waals surface area (Å²) in [6.07, 6.45) is 0. The van der Waals surface area contributed by atoms with Gasteiger partial charge in [-0.2, -0.15) is 0 Å². The van der Waals surface area contributed by atoms with Gasteiger partial charge in [0.15, 0.2) is 0 Å². The molecule has 0 aromatic carbocycles. The van der Waals surface area contributed by atoms with Gasteiger partial charge in [-0.15, -0.1) is 0 Å². The van der Waals surface area contributed by atoms with Crippen molar-refractivity contribution in [1.29, 1.82) is 0 Å². The second-order valence-electron chi connectivity index (χ2n) is 4.17. The molecule has 1 rings (SSSR count). The maximum atomic E-state index is 11.8. The predicted molar refractivity (Wildman–Crippen MR) is 72.5 cm³/mol. The average Bonchev–Trinajstić information content (AvgIpc) is 2.34. The average molecular weight is 275 g/mol. The highest BCUT2D eigenvalue weighted by Gasteiger charge is 2.20. The lowest BCUT2D eigenvalue weighted by atomic mass is 10.3. The standard InChI is InChI=1S/C11H21N3O3S/c1-16-6-7-17-9-11(15)14-4-2-13(3-5-14)8-10(12)18/h2-9H2,1H3,(H2,12,18). The van der Waals surface area contributed by atoms with Gasteiger partial charge in [0.2, 0.25) is 5.91 Å². The lowest BCUT2D eigenvalue weighted by Gasteiger charge is -2.34. The van der Waals surface area contributed by atoms with Crippen LogP contribution >= 0.6 is 12.2 Å². The number of hydrogen-bond acceptors (Lipinski definition) is 5. The zero-order valence-electron chi connectivity index (χ0n) is 10.8. The van der Waals surface area contributed by atoms with Gasteiger partial charge in [0, 0.05) is 39.8 Å². The summed E-state index contributed by atoms with van der Waals surface area (Å²) in [5.74, 6) is 0.0288. The van der Waals surface area contributed by atoms with Gasteiger partial charge in [-0.05, 0) is 0 Å². The summed E-state index contributed by atoms with van der Waals surface area (Å²) in [5, 5.41) is 0. The molecule has 1 heterocycles. The van der Waals surface area contributed by atoms with E-state index in [2.05, 4.69) is 4.90 Å². The van der Waals surface area contributed by atoms with E-state index in [9.17, 15) is 4.79 Å². The molecule has 1 amide bonds. The number of nitrogens with two attached hydrogens (primary N) is 1. The van der Waals surface area contributed by atoms with Crippen LogP contribution < -0.4 is 5.73 Å². The third-order valence-electron chi connectivity index (χ3n) is 2.76. The number of hydrogen-bond donors (Lipinski definition) is 1. The molecule has 0 spiro atoms. The monoisotopic (exact) mass is 275 g/mol. The van der Waals surface area contributed by atoms with Crippen molar-refractivity contribution in [2.24, 2.45) is 5.73 Å². The van der Waals surface area contributed by atoms with Gasteiger partial charge < -0.3 is 20.1 Å². The smallest absolute Gasteiger partial charge is 0.248 e. The molecule has 104 valence electrons. The van der Waals surface area contributed by atoms with E-state index in [-0.39, 0.29) is 12.5 Å². The number of carbonyl (C=O) groups excluding carboxylic acids is 1. The van der Waals surface area contributed by atoms with Crippen molar-refractivity contribution in [2.45, 2.75) is 0 Å². The number of carbonyl (C=O) groups is 1. The first-order valence-electron chi connectivity index (χ1n) is 5.98. The summed E-state index contributed by atoms with van der Waals surface area (Å²) in [5.41, 5.74) is 5.49. The Bertz CT molecular complexity index is 281. The van der Waals surface area contributed by atoms with Gasteiger partial charge in [0.1, 0.15) is 6.61 Å². The topological polar surface area (TPSA) is 68.0 Å². The highest BCUT2D eigenvalue weighted by Crippen LogP contribution is 2.02. The summed E-state index contributed by atoms with van der Waals surface area (Å²) < 4.78 is 10.0. The molecule has 7 heteroatoms. The molecule has 1 saturated heterocycles. The van der Waals surface area contributed by atoms with E-state index < -0.39 is 0 Å². The van der Waals surface area contributed by atoms with Crippen LogP contribution in [0.15, 0.2) is 0 Å². The largest absolute Gasteiger partial charge is 0.392 e. The maximum Gasteiger partial charge on any atom is 0.248 e. The number of nitrogens with zero attached hydrogens (tertiary/aromatic N) is 2. The highest BCUT2D eigenvalue weighted by atomic mass is 32.1. The summed E-state index contributed by atoms with van der Waals surface area (Å²) in [6, 6.07) is 0. The fourth-order valence-electron chi connectivity index (χ4n) is 1.77. The van der Waals surface area contributed by atoms with Gasteiger partial charge in [-0.25, -0.2) is 0 Å². The first-order chi connectivity index (χ1) is 8.63. The quantitative estimate of drug-likeness (QED) is 0.479. The van der Waals surface area contributed by atoms with Gasteiger partial charge in [-0.1, -0.05) is 12.2 Å². The summed E-state index contributed by atoms with van der Waals surface area (Å²) in [6.45, 7) is 4.73. The first kappa shape index (κ1) is 15.3. The lowest BCUT2D eigenvalue weighted by Crippen LogP contribution is -2.51. The van der Waals surface area contributed by atoms with E-state index in [0.29, 0.717) is 37.8 Å². The van der Waals surface area contributed by atoms with E-state index in [1.54, 1.807) is 7.11 Å². The Morgan fingerprint density at radius 2 is 1.94 bits per heavy atom. The van der Waals surface area contributed by atoms with Crippen LogP contribution in [0.25, 0.3) is 0 Å². The van der Waals surface area contributed by atoms with Crippen LogP contribution in [0.1, 0.15) is 0 Å². The summed E-state index contributed by atoms with van der Waals surface area (Å²) in [4.78, 5) is 16.2. The number of rotatable bonds is 7. The van der Waals surface area contributed by atoms with Gasteiger partial charge in [0.25, 0.3) is 0 Å². The normalized spacial score (nSPS) is 16.8. The van der Waals surface area contributed by atoms with Gasteiger partial charge >= 0.3 is 0 Å². The zero-order valence-corrected chi connectivity index (χ0v) is 11.6. The summed E-state index contributed by atoms with van der Waals surface area (Å²) in [7, 11) is 1.60. The third kappa shape index (κ3) is 5.72. The van der Waals surface area contributed by atoms with Gasteiger partial charge in [-0.3, -0.25) is 9.69 Å². The SMILES string of the molecule is COCCOCC(=O)N1CCN(CC(N)=S)CC1. The van der Waals surface area contributed by atoms with Crippen LogP contribution in [0.5, 0.6) is 0 Å². The molecule has 0 atom stereocenters. The molecule has 1 aliphatic rings. The minimum Gasteiger partial charge on any atom is -0.392 e. The molecule has 0 bridgehead atoms. The van der Waals surface area contributed by atoms with Crippen molar-refractivity contribution in [3.8, 4) is 0 Å². The number of piperazine rings is 1. The number of ether oxygens (including phenoxy) is 2. The molecule has 0 unspecified atom stereocenters. The second-order valence-corrected chi connectivity index (χ2v) is 4.69. The fourth-order valence-corrected chi connectivity index (χ4v) is 1.95. The highest BCUT2D eigenvalue weighted by molar-refractivity contribution is 7.80. The number of thiocarbonyl (C=S) groups is 1. The Balaban J connectivity index is 2.17. The van der Waals surface area contributed by atoms with Crippen LogP contribution in [0.3, 0.4) is 0 Å². The molecule has 0 saturated carbocycles. The molecular weight excluding hydrogens is 254 g/mol. The molecule has 0 radical (unpaired) electrons. The van der Waals surface area contributed by atoms with Crippen LogP contribution in [-0.2, 0) is 14.3 Å². The van der Waals surface area contributed by atoms with Crippen LogP contribution in [-0.4, -0.2) is 80.3 Å². The van der Waals surface area contributed by atoms with Crippen molar-refractivity contribution in [3.05, 3.63) is 0 Å². The third-order valence-corrected chi connectivity index (χ3v) is 2.89. The molecule has 0 aromatic rings. The van der Waals surface area contributed by atoms with E-state index >= 15 is 0 Å². The minimum atomic E-state index is 0.0288. The number of amides is 1. The Kier molecular flexibility index (Phi) is 7.11. The molecule has 2 N–H and O–H groups in total.